The summed E-state index contributed by atoms with van der Waals surface area (Å²) in [4.78, 5) is 0. The fourth-order valence-corrected chi connectivity index (χ4v) is 0.184. The highest BCUT2D eigenvalue weighted by Gasteiger charge is 2.30. The van der Waals surface area contributed by atoms with Crippen LogP contribution in [0.3, 0.4) is 0 Å². The summed E-state index contributed by atoms with van der Waals surface area (Å²) in [5.74, 6) is 0. The monoisotopic (exact) mass is 168 g/mol. The van der Waals surface area contributed by atoms with Crippen LogP contribution in [0.2, 0.25) is 0 Å². The molecule has 11 heavy (non-hydrogen) atoms. The molecule has 0 fully saturated rings. The van der Waals surface area contributed by atoms with E-state index in [0.29, 0.717) is 12.3 Å². The van der Waals surface area contributed by atoms with Crippen molar-refractivity contribution in [2.75, 3.05) is 0 Å². The zero-order valence-corrected chi connectivity index (χ0v) is 6.37. The van der Waals surface area contributed by atoms with Crippen molar-refractivity contribution < 1.29 is 13.2 Å². The van der Waals surface area contributed by atoms with Crippen molar-refractivity contribution in [3.8, 4) is 0 Å². The number of halogens is 3. The van der Waals surface area contributed by atoms with Gasteiger partial charge in [-0.1, -0.05) is 13.8 Å². The quantitative estimate of drug-likeness (QED) is 0.578. The predicted molar refractivity (Wildman–Crippen MR) is 38.5 cm³/mol. The molecule has 0 aliphatic heterocycles. The summed E-state index contributed by atoms with van der Waals surface area (Å²) in [6.07, 6.45) is -3.53. The molecule has 0 unspecified atom stereocenters. The normalized spacial score (nSPS) is 11.5. The van der Waals surface area contributed by atoms with Crippen LogP contribution in [0.5, 0.6) is 0 Å². The molecule has 0 saturated heterocycles. The van der Waals surface area contributed by atoms with Gasteiger partial charge in [0.2, 0.25) is 0 Å². The van der Waals surface area contributed by atoms with E-state index in [9.17, 15) is 13.2 Å². The molecule has 0 radical (unpaired) electrons. The Morgan fingerprint density at radius 1 is 1.36 bits per heavy atom. The largest absolute Gasteiger partial charge is 0.430 e. The number of alkyl halides is 3. The Balaban J connectivity index is 0. The second-order valence-electron chi connectivity index (χ2n) is 1.29. The molecule has 0 atom stereocenters. The zero-order valence-electron chi connectivity index (χ0n) is 6.37. The number of rotatable bonds is 1. The Morgan fingerprint density at radius 2 is 1.73 bits per heavy atom. The highest BCUT2D eigenvalue weighted by molar-refractivity contribution is 5.68. The number of hydrogen-bond acceptors (Lipinski definition) is 2. The molecule has 0 spiro atoms. The maximum absolute atomic E-state index is 11.3. The van der Waals surface area contributed by atoms with Gasteiger partial charge in [0.25, 0.3) is 0 Å². The minimum Gasteiger partial charge on any atom is -0.395 e. The summed E-state index contributed by atoms with van der Waals surface area (Å²) in [5.41, 5.74) is 3.19. The maximum atomic E-state index is 11.3. The number of allylic oxidation sites excluding steroid dienone is 2. The van der Waals surface area contributed by atoms with Gasteiger partial charge >= 0.3 is 6.18 Å². The van der Waals surface area contributed by atoms with E-state index in [4.69, 9.17) is 5.41 Å². The Labute approximate surface area is 63.4 Å². The molecule has 0 aromatic carbocycles. The smallest absolute Gasteiger partial charge is 0.395 e. The molecule has 0 aliphatic rings. The molecular weight excluding hydrogens is 157 g/mol. The van der Waals surface area contributed by atoms with Crippen LogP contribution in [-0.2, 0) is 0 Å². The van der Waals surface area contributed by atoms with E-state index in [1.165, 1.54) is 0 Å². The standard InChI is InChI=1S/C4H5F3N2.C2H6/c5-4(6,7)3(9)1-2-8;1-2/h1-2,8H,9H2;1-2H3/b3-1-,8-2?;. The first kappa shape index (κ1) is 12.7. The molecule has 3 N–H and O–H groups in total. The van der Waals surface area contributed by atoms with Crippen LogP contribution in [0.4, 0.5) is 13.2 Å². The van der Waals surface area contributed by atoms with Crippen LogP contribution in [0.25, 0.3) is 0 Å². The van der Waals surface area contributed by atoms with Gasteiger partial charge in [0.05, 0.1) is 0 Å². The van der Waals surface area contributed by atoms with Gasteiger partial charge < -0.3 is 11.1 Å². The summed E-state index contributed by atoms with van der Waals surface area (Å²) in [6, 6.07) is 0. The lowest BCUT2D eigenvalue weighted by atomic mass is 10.4. The minimum atomic E-state index is -4.50. The van der Waals surface area contributed by atoms with Gasteiger partial charge in [-0.05, 0) is 6.08 Å². The van der Waals surface area contributed by atoms with Crippen LogP contribution in [0.1, 0.15) is 13.8 Å². The third-order valence-corrected chi connectivity index (χ3v) is 0.590. The van der Waals surface area contributed by atoms with Gasteiger partial charge in [0.15, 0.2) is 0 Å². The highest BCUT2D eigenvalue weighted by Crippen LogP contribution is 2.20. The van der Waals surface area contributed by atoms with Crippen molar-refractivity contribution in [1.29, 1.82) is 5.41 Å². The average Bonchev–Trinajstić information content (AvgIpc) is 1.91. The third-order valence-electron chi connectivity index (χ3n) is 0.590. The summed E-state index contributed by atoms with van der Waals surface area (Å²) < 4.78 is 34.0. The summed E-state index contributed by atoms with van der Waals surface area (Å²) in [5, 5.41) is 6.23. The molecule has 0 aliphatic carbocycles. The van der Waals surface area contributed by atoms with Crippen LogP contribution in [-0.4, -0.2) is 12.4 Å². The van der Waals surface area contributed by atoms with Gasteiger partial charge in [-0.15, -0.1) is 0 Å². The molecule has 0 saturated carbocycles. The number of nitrogens with one attached hydrogen (secondary N) is 1. The van der Waals surface area contributed by atoms with E-state index in [2.05, 4.69) is 5.73 Å². The van der Waals surface area contributed by atoms with Crippen molar-refractivity contribution in [3.63, 3.8) is 0 Å². The van der Waals surface area contributed by atoms with Crippen molar-refractivity contribution in [3.05, 3.63) is 11.8 Å². The molecule has 0 aromatic rings. The molecular formula is C6H11F3N2. The van der Waals surface area contributed by atoms with E-state index >= 15 is 0 Å². The molecule has 0 rings (SSSR count). The average molecular weight is 168 g/mol. The lowest BCUT2D eigenvalue weighted by molar-refractivity contribution is -0.0925. The van der Waals surface area contributed by atoms with E-state index in [-0.39, 0.29) is 0 Å². The zero-order chi connectivity index (χ0) is 9.49. The SMILES string of the molecule is CC.N=C/C=C(\N)C(F)(F)F. The summed E-state index contributed by atoms with van der Waals surface area (Å²) in [6.45, 7) is 4.00. The maximum Gasteiger partial charge on any atom is 0.430 e. The van der Waals surface area contributed by atoms with E-state index in [1.54, 1.807) is 0 Å². The highest BCUT2D eigenvalue weighted by atomic mass is 19.4. The van der Waals surface area contributed by atoms with Crippen LogP contribution >= 0.6 is 0 Å². The van der Waals surface area contributed by atoms with Gasteiger partial charge in [-0.3, -0.25) is 0 Å². The van der Waals surface area contributed by atoms with Crippen LogP contribution in [0, 0.1) is 5.41 Å². The Kier molecular flexibility index (Phi) is 6.63. The minimum absolute atomic E-state index is 0.486. The van der Waals surface area contributed by atoms with Gasteiger partial charge in [-0.2, -0.15) is 13.2 Å². The molecule has 2 nitrogen and oxygen atoms in total. The fraction of sp³-hybridized carbons (Fsp3) is 0.500. The molecule has 5 heteroatoms. The third kappa shape index (κ3) is 6.89. The molecule has 66 valence electrons. The summed E-state index contributed by atoms with van der Waals surface area (Å²) in [7, 11) is 0. The second-order valence-corrected chi connectivity index (χ2v) is 1.29. The molecule has 0 bridgehead atoms. The van der Waals surface area contributed by atoms with Crippen LogP contribution in [0.15, 0.2) is 11.8 Å². The first-order valence-electron chi connectivity index (χ1n) is 3.02. The number of hydrogen-bond donors (Lipinski definition) is 2. The molecule has 0 heterocycles. The topological polar surface area (TPSA) is 49.9 Å². The molecule has 0 aromatic heterocycles. The van der Waals surface area contributed by atoms with E-state index in [0.717, 1.165) is 0 Å². The van der Waals surface area contributed by atoms with Gasteiger partial charge in [0, 0.05) is 6.21 Å². The predicted octanol–water partition coefficient (Wildman–Crippen LogP) is 2.07. The lowest BCUT2D eigenvalue weighted by Crippen LogP contribution is -2.19. The Bertz CT molecular complexity index is 137. The van der Waals surface area contributed by atoms with Crippen LogP contribution < -0.4 is 5.73 Å². The van der Waals surface area contributed by atoms with E-state index < -0.39 is 11.9 Å². The fourth-order valence-electron chi connectivity index (χ4n) is 0.184. The van der Waals surface area contributed by atoms with Crippen molar-refractivity contribution in [2.45, 2.75) is 20.0 Å². The number of nitrogens with two attached hydrogens (primary N) is 1. The first-order valence-corrected chi connectivity index (χ1v) is 3.02. The Morgan fingerprint density at radius 3 is 1.82 bits per heavy atom. The van der Waals surface area contributed by atoms with Gasteiger partial charge in [0.1, 0.15) is 5.70 Å². The van der Waals surface area contributed by atoms with Crippen molar-refractivity contribution in [2.24, 2.45) is 5.73 Å². The van der Waals surface area contributed by atoms with Gasteiger partial charge in [-0.25, -0.2) is 0 Å². The van der Waals surface area contributed by atoms with E-state index in [1.807, 2.05) is 13.8 Å². The lowest BCUT2D eigenvalue weighted by Gasteiger charge is -2.03. The van der Waals surface area contributed by atoms with Crippen molar-refractivity contribution in [1.82, 2.24) is 0 Å². The Hall–Kier alpha value is -1.00. The molecule has 0 amide bonds. The second kappa shape index (κ2) is 5.76. The first-order chi connectivity index (χ1) is 4.98. The van der Waals surface area contributed by atoms with Crippen molar-refractivity contribution >= 4 is 6.21 Å². The summed E-state index contributed by atoms with van der Waals surface area (Å²) >= 11 is 0.